The Morgan fingerprint density at radius 3 is 2.46 bits per heavy atom. The SMILES string of the molecule is CC(=O)N1CCCC(C(=O)N2CC=C(c3ccc(C)cc3)CC2)C1. The first-order valence-corrected chi connectivity index (χ1v) is 8.85. The zero-order valence-corrected chi connectivity index (χ0v) is 14.6. The zero-order valence-electron chi connectivity index (χ0n) is 14.6. The minimum absolute atomic E-state index is 0.0306. The van der Waals surface area contributed by atoms with Gasteiger partial charge >= 0.3 is 0 Å². The van der Waals surface area contributed by atoms with Crippen molar-refractivity contribution >= 4 is 17.4 Å². The van der Waals surface area contributed by atoms with Gasteiger partial charge in [-0.15, -0.1) is 0 Å². The highest BCUT2D eigenvalue weighted by molar-refractivity contribution is 5.82. The first-order chi connectivity index (χ1) is 11.5. The second kappa shape index (κ2) is 7.20. The molecule has 0 spiro atoms. The van der Waals surface area contributed by atoms with E-state index in [4.69, 9.17) is 0 Å². The molecule has 3 rings (SSSR count). The minimum atomic E-state index is -0.0306. The van der Waals surface area contributed by atoms with E-state index in [1.54, 1.807) is 6.92 Å². The molecule has 1 atom stereocenters. The van der Waals surface area contributed by atoms with Gasteiger partial charge in [-0.3, -0.25) is 9.59 Å². The summed E-state index contributed by atoms with van der Waals surface area (Å²) in [4.78, 5) is 28.1. The fourth-order valence-corrected chi connectivity index (χ4v) is 3.62. The topological polar surface area (TPSA) is 40.6 Å². The highest BCUT2D eigenvalue weighted by Gasteiger charge is 2.30. The van der Waals surface area contributed by atoms with E-state index in [0.29, 0.717) is 13.1 Å². The third kappa shape index (κ3) is 3.69. The third-order valence-corrected chi connectivity index (χ3v) is 5.16. The standard InChI is InChI=1S/C20H26N2O2/c1-15-5-7-17(8-6-15)18-9-12-21(13-10-18)20(24)19-4-3-11-22(14-19)16(2)23/h5-9,19H,3-4,10-14H2,1-2H3. The van der Waals surface area contributed by atoms with Crippen molar-refractivity contribution in [1.29, 1.82) is 0 Å². The lowest BCUT2D eigenvalue weighted by molar-refractivity contribution is -0.139. The molecular weight excluding hydrogens is 300 g/mol. The summed E-state index contributed by atoms with van der Waals surface area (Å²) in [5.41, 5.74) is 3.85. The maximum absolute atomic E-state index is 12.8. The molecule has 0 radical (unpaired) electrons. The van der Waals surface area contributed by atoms with Crippen molar-refractivity contribution in [2.45, 2.75) is 33.1 Å². The molecule has 1 aromatic rings. The molecule has 128 valence electrons. The van der Waals surface area contributed by atoms with Crippen molar-refractivity contribution in [2.24, 2.45) is 5.92 Å². The number of hydrogen-bond acceptors (Lipinski definition) is 2. The minimum Gasteiger partial charge on any atom is -0.342 e. The van der Waals surface area contributed by atoms with Crippen LogP contribution in [0.15, 0.2) is 30.3 Å². The Balaban J connectivity index is 1.62. The summed E-state index contributed by atoms with van der Waals surface area (Å²) >= 11 is 0. The fourth-order valence-electron chi connectivity index (χ4n) is 3.62. The summed E-state index contributed by atoms with van der Waals surface area (Å²) in [7, 11) is 0. The molecule has 2 amide bonds. The second-order valence-electron chi connectivity index (χ2n) is 6.93. The third-order valence-electron chi connectivity index (χ3n) is 5.16. The van der Waals surface area contributed by atoms with Crippen LogP contribution < -0.4 is 0 Å². The molecule has 0 aromatic heterocycles. The Labute approximate surface area is 144 Å². The number of aryl methyl sites for hydroxylation is 1. The van der Waals surface area contributed by atoms with Crippen LogP contribution in [0.3, 0.4) is 0 Å². The molecule has 1 aromatic carbocycles. The molecule has 0 aliphatic carbocycles. The predicted octanol–water partition coefficient (Wildman–Crippen LogP) is 2.87. The van der Waals surface area contributed by atoms with E-state index in [1.165, 1.54) is 16.7 Å². The van der Waals surface area contributed by atoms with Gasteiger partial charge in [0.2, 0.25) is 11.8 Å². The molecule has 2 aliphatic heterocycles. The van der Waals surface area contributed by atoms with Crippen molar-refractivity contribution in [3.8, 4) is 0 Å². The molecular formula is C20H26N2O2. The quantitative estimate of drug-likeness (QED) is 0.838. The molecule has 1 unspecified atom stereocenters. The number of carbonyl (C=O) groups is 2. The molecule has 4 nitrogen and oxygen atoms in total. The molecule has 0 bridgehead atoms. The second-order valence-corrected chi connectivity index (χ2v) is 6.93. The lowest BCUT2D eigenvalue weighted by Gasteiger charge is -2.35. The highest BCUT2D eigenvalue weighted by atomic mass is 16.2. The van der Waals surface area contributed by atoms with E-state index in [2.05, 4.69) is 37.3 Å². The van der Waals surface area contributed by atoms with E-state index < -0.39 is 0 Å². The summed E-state index contributed by atoms with van der Waals surface area (Å²) in [6, 6.07) is 8.58. The average Bonchev–Trinajstić information content (AvgIpc) is 2.62. The summed E-state index contributed by atoms with van der Waals surface area (Å²) < 4.78 is 0. The van der Waals surface area contributed by atoms with E-state index in [1.807, 2.05) is 9.80 Å². The van der Waals surface area contributed by atoms with Crippen LogP contribution in [0.2, 0.25) is 0 Å². The van der Waals surface area contributed by atoms with Crippen molar-refractivity contribution in [2.75, 3.05) is 26.2 Å². The lowest BCUT2D eigenvalue weighted by atomic mass is 9.94. The summed E-state index contributed by atoms with van der Waals surface area (Å²) in [6.45, 7) is 6.50. The Bertz CT molecular complexity index is 648. The van der Waals surface area contributed by atoms with Gasteiger partial charge in [0.25, 0.3) is 0 Å². The molecule has 24 heavy (non-hydrogen) atoms. The summed E-state index contributed by atoms with van der Waals surface area (Å²) in [5, 5.41) is 0. The molecule has 4 heteroatoms. The van der Waals surface area contributed by atoms with Crippen LogP contribution in [-0.2, 0) is 9.59 Å². The van der Waals surface area contributed by atoms with Crippen LogP contribution in [0, 0.1) is 12.8 Å². The first kappa shape index (κ1) is 16.7. The van der Waals surface area contributed by atoms with E-state index in [-0.39, 0.29) is 17.7 Å². The van der Waals surface area contributed by atoms with E-state index >= 15 is 0 Å². The number of carbonyl (C=O) groups excluding carboxylic acids is 2. The predicted molar refractivity (Wildman–Crippen MR) is 95.3 cm³/mol. The van der Waals surface area contributed by atoms with Gasteiger partial charge < -0.3 is 9.80 Å². The van der Waals surface area contributed by atoms with Gasteiger partial charge in [-0.2, -0.15) is 0 Å². The maximum atomic E-state index is 12.8. The van der Waals surface area contributed by atoms with E-state index in [0.717, 1.165) is 32.4 Å². The monoisotopic (exact) mass is 326 g/mol. The van der Waals surface area contributed by atoms with E-state index in [9.17, 15) is 9.59 Å². The number of nitrogens with zero attached hydrogens (tertiary/aromatic N) is 2. The molecule has 0 N–H and O–H groups in total. The molecule has 1 saturated heterocycles. The number of amides is 2. The lowest BCUT2D eigenvalue weighted by Crippen LogP contribution is -2.47. The average molecular weight is 326 g/mol. The van der Waals surface area contributed by atoms with Gasteiger partial charge in [-0.25, -0.2) is 0 Å². The van der Waals surface area contributed by atoms with Crippen LogP contribution in [0.4, 0.5) is 0 Å². The number of rotatable bonds is 2. The van der Waals surface area contributed by atoms with Gasteiger partial charge in [0.1, 0.15) is 0 Å². The Morgan fingerprint density at radius 2 is 1.83 bits per heavy atom. The van der Waals surface area contributed by atoms with Gasteiger partial charge in [0.05, 0.1) is 5.92 Å². The van der Waals surface area contributed by atoms with Crippen LogP contribution >= 0.6 is 0 Å². The normalized spacial score (nSPS) is 21.4. The maximum Gasteiger partial charge on any atom is 0.227 e. The Hall–Kier alpha value is -2.10. The molecule has 2 aliphatic rings. The van der Waals surface area contributed by atoms with Crippen LogP contribution in [0.1, 0.15) is 37.3 Å². The summed E-state index contributed by atoms with van der Waals surface area (Å²) in [5.74, 6) is 0.254. The van der Waals surface area contributed by atoms with Gasteiger partial charge in [-0.05, 0) is 37.3 Å². The Kier molecular flexibility index (Phi) is 5.03. The number of piperidine rings is 1. The zero-order chi connectivity index (χ0) is 17.1. The van der Waals surface area contributed by atoms with Crippen molar-refractivity contribution in [1.82, 2.24) is 9.80 Å². The van der Waals surface area contributed by atoms with Crippen LogP contribution in [0.5, 0.6) is 0 Å². The summed E-state index contributed by atoms with van der Waals surface area (Å²) in [6.07, 6.45) is 4.90. The first-order valence-electron chi connectivity index (χ1n) is 8.85. The van der Waals surface area contributed by atoms with Crippen molar-refractivity contribution in [3.05, 3.63) is 41.5 Å². The van der Waals surface area contributed by atoms with Gasteiger partial charge in [0.15, 0.2) is 0 Å². The van der Waals surface area contributed by atoms with Crippen molar-refractivity contribution < 1.29 is 9.59 Å². The molecule has 0 saturated carbocycles. The fraction of sp³-hybridized carbons (Fsp3) is 0.500. The number of hydrogen-bond donors (Lipinski definition) is 0. The van der Waals surface area contributed by atoms with Gasteiger partial charge in [-0.1, -0.05) is 35.9 Å². The van der Waals surface area contributed by atoms with Crippen LogP contribution in [0.25, 0.3) is 5.57 Å². The number of benzene rings is 1. The Morgan fingerprint density at radius 1 is 1.08 bits per heavy atom. The van der Waals surface area contributed by atoms with Crippen LogP contribution in [-0.4, -0.2) is 47.8 Å². The molecule has 2 heterocycles. The van der Waals surface area contributed by atoms with Crippen molar-refractivity contribution in [3.63, 3.8) is 0 Å². The smallest absolute Gasteiger partial charge is 0.227 e. The number of likely N-dealkylation sites (tertiary alicyclic amines) is 1. The van der Waals surface area contributed by atoms with Gasteiger partial charge in [0, 0.05) is 33.1 Å². The largest absolute Gasteiger partial charge is 0.342 e. The highest BCUT2D eigenvalue weighted by Crippen LogP contribution is 2.25. The molecule has 1 fully saturated rings.